The second-order valence-electron chi connectivity index (χ2n) is 6.09. The summed E-state index contributed by atoms with van der Waals surface area (Å²) in [5, 5.41) is 3.44. The predicted octanol–water partition coefficient (Wildman–Crippen LogP) is 2.55. The Morgan fingerprint density at radius 1 is 1.05 bits per heavy atom. The highest BCUT2D eigenvalue weighted by Gasteiger charge is 2.20. The SMILES string of the molecule is c1cc(-n2cncc2C2CCNC2)ccc1N1CCCC1. The lowest BCUT2D eigenvalue weighted by Crippen LogP contribution is -2.17. The van der Waals surface area contributed by atoms with Gasteiger partial charge in [-0.05, 0) is 50.1 Å². The number of hydrogen-bond acceptors (Lipinski definition) is 3. The van der Waals surface area contributed by atoms with Gasteiger partial charge in [-0.2, -0.15) is 0 Å². The largest absolute Gasteiger partial charge is 0.372 e. The maximum atomic E-state index is 4.37. The molecule has 0 aliphatic carbocycles. The Labute approximate surface area is 125 Å². The lowest BCUT2D eigenvalue weighted by Gasteiger charge is -2.18. The van der Waals surface area contributed by atoms with Gasteiger partial charge in [-0.3, -0.25) is 0 Å². The van der Waals surface area contributed by atoms with Crippen molar-refractivity contribution in [2.45, 2.75) is 25.2 Å². The summed E-state index contributed by atoms with van der Waals surface area (Å²) in [6.07, 6.45) is 7.81. The van der Waals surface area contributed by atoms with Gasteiger partial charge in [0.2, 0.25) is 0 Å². The van der Waals surface area contributed by atoms with Crippen molar-refractivity contribution in [3.8, 4) is 5.69 Å². The zero-order valence-corrected chi connectivity index (χ0v) is 12.3. The first-order chi connectivity index (χ1) is 10.4. The summed E-state index contributed by atoms with van der Waals surface area (Å²) in [6, 6.07) is 8.94. The Morgan fingerprint density at radius 3 is 2.52 bits per heavy atom. The van der Waals surface area contributed by atoms with Gasteiger partial charge in [0, 0.05) is 48.8 Å². The molecule has 0 radical (unpaired) electrons. The van der Waals surface area contributed by atoms with E-state index in [2.05, 4.69) is 44.0 Å². The lowest BCUT2D eigenvalue weighted by molar-refractivity contribution is 0.714. The standard InChI is InChI=1S/C17H22N4/c1-2-10-20(9-1)15-3-5-16(6-4-15)21-13-19-12-17(21)14-7-8-18-11-14/h3-6,12-14,18H,1-2,7-11H2. The van der Waals surface area contributed by atoms with Crippen molar-refractivity contribution >= 4 is 5.69 Å². The number of benzene rings is 1. The fourth-order valence-electron chi connectivity index (χ4n) is 3.53. The normalized spacial score (nSPS) is 22.1. The molecule has 2 aliphatic rings. The molecule has 21 heavy (non-hydrogen) atoms. The van der Waals surface area contributed by atoms with Crippen LogP contribution in [-0.4, -0.2) is 35.7 Å². The van der Waals surface area contributed by atoms with Crippen molar-refractivity contribution < 1.29 is 0 Å². The van der Waals surface area contributed by atoms with E-state index >= 15 is 0 Å². The van der Waals surface area contributed by atoms with Crippen LogP contribution in [0.2, 0.25) is 0 Å². The first-order valence-electron chi connectivity index (χ1n) is 8.00. The van der Waals surface area contributed by atoms with E-state index in [1.807, 2.05) is 12.5 Å². The molecule has 0 saturated carbocycles. The molecule has 4 rings (SSSR count). The smallest absolute Gasteiger partial charge is 0.0994 e. The molecule has 1 N–H and O–H groups in total. The third kappa shape index (κ3) is 2.44. The number of nitrogens with one attached hydrogen (secondary N) is 1. The fraction of sp³-hybridized carbons (Fsp3) is 0.471. The van der Waals surface area contributed by atoms with Crippen molar-refractivity contribution in [1.29, 1.82) is 0 Å². The van der Waals surface area contributed by atoms with E-state index < -0.39 is 0 Å². The number of anilines is 1. The molecule has 110 valence electrons. The number of aromatic nitrogens is 2. The molecule has 0 bridgehead atoms. The van der Waals surface area contributed by atoms with Gasteiger partial charge >= 0.3 is 0 Å². The van der Waals surface area contributed by atoms with Crippen LogP contribution in [0, 0.1) is 0 Å². The Kier molecular flexibility index (Phi) is 3.39. The molecule has 3 heterocycles. The van der Waals surface area contributed by atoms with Crippen LogP contribution in [0.1, 0.15) is 30.9 Å². The molecule has 1 aromatic carbocycles. The van der Waals surface area contributed by atoms with Gasteiger partial charge in [-0.1, -0.05) is 0 Å². The van der Waals surface area contributed by atoms with Crippen molar-refractivity contribution in [2.75, 3.05) is 31.1 Å². The molecule has 0 spiro atoms. The highest BCUT2D eigenvalue weighted by molar-refractivity contribution is 5.52. The van der Waals surface area contributed by atoms with Crippen molar-refractivity contribution in [1.82, 2.24) is 14.9 Å². The Bertz CT molecular complexity index is 590. The third-order valence-electron chi connectivity index (χ3n) is 4.74. The minimum Gasteiger partial charge on any atom is -0.372 e. The minimum atomic E-state index is 0.589. The van der Waals surface area contributed by atoms with Crippen molar-refractivity contribution in [2.24, 2.45) is 0 Å². The van der Waals surface area contributed by atoms with E-state index in [1.54, 1.807) is 0 Å². The van der Waals surface area contributed by atoms with Gasteiger partial charge in [0.1, 0.15) is 0 Å². The maximum absolute atomic E-state index is 4.37. The van der Waals surface area contributed by atoms with Gasteiger partial charge in [0.05, 0.1) is 6.33 Å². The summed E-state index contributed by atoms with van der Waals surface area (Å²) in [7, 11) is 0. The van der Waals surface area contributed by atoms with E-state index in [-0.39, 0.29) is 0 Å². The molecule has 1 atom stereocenters. The van der Waals surface area contributed by atoms with E-state index in [9.17, 15) is 0 Å². The summed E-state index contributed by atoms with van der Waals surface area (Å²) in [6.45, 7) is 4.58. The zero-order valence-electron chi connectivity index (χ0n) is 12.3. The molecule has 0 amide bonds. The number of nitrogens with zero attached hydrogens (tertiary/aromatic N) is 3. The van der Waals surface area contributed by atoms with Crippen LogP contribution >= 0.6 is 0 Å². The molecule has 4 nitrogen and oxygen atoms in total. The van der Waals surface area contributed by atoms with Crippen LogP contribution in [-0.2, 0) is 0 Å². The van der Waals surface area contributed by atoms with Gasteiger partial charge in [0.15, 0.2) is 0 Å². The first kappa shape index (κ1) is 12.9. The molecule has 1 aromatic heterocycles. The van der Waals surface area contributed by atoms with E-state index in [0.717, 1.165) is 13.1 Å². The summed E-state index contributed by atoms with van der Waals surface area (Å²) in [5.74, 6) is 0.589. The average molecular weight is 282 g/mol. The Hall–Kier alpha value is -1.81. The number of hydrogen-bond donors (Lipinski definition) is 1. The van der Waals surface area contributed by atoms with Crippen LogP contribution in [0.5, 0.6) is 0 Å². The lowest BCUT2D eigenvalue weighted by atomic mass is 10.1. The first-order valence-corrected chi connectivity index (χ1v) is 8.00. The monoisotopic (exact) mass is 282 g/mol. The summed E-state index contributed by atoms with van der Waals surface area (Å²) < 4.78 is 2.24. The molecular weight excluding hydrogens is 260 g/mol. The van der Waals surface area contributed by atoms with Crippen LogP contribution in [0.4, 0.5) is 5.69 Å². The Balaban J connectivity index is 1.60. The molecule has 2 fully saturated rings. The predicted molar refractivity (Wildman–Crippen MR) is 85.2 cm³/mol. The van der Waals surface area contributed by atoms with Crippen LogP contribution in [0.3, 0.4) is 0 Å². The van der Waals surface area contributed by atoms with Gasteiger partial charge < -0.3 is 14.8 Å². The summed E-state index contributed by atoms with van der Waals surface area (Å²) >= 11 is 0. The van der Waals surface area contributed by atoms with Crippen LogP contribution in [0.15, 0.2) is 36.8 Å². The van der Waals surface area contributed by atoms with E-state index in [4.69, 9.17) is 0 Å². The third-order valence-corrected chi connectivity index (χ3v) is 4.74. The molecule has 1 unspecified atom stereocenters. The number of imidazole rings is 1. The maximum Gasteiger partial charge on any atom is 0.0994 e. The van der Waals surface area contributed by atoms with Crippen molar-refractivity contribution in [3.05, 3.63) is 42.5 Å². The van der Waals surface area contributed by atoms with Gasteiger partial charge in [-0.15, -0.1) is 0 Å². The second-order valence-corrected chi connectivity index (χ2v) is 6.09. The van der Waals surface area contributed by atoms with E-state index in [0.29, 0.717) is 5.92 Å². The van der Waals surface area contributed by atoms with E-state index in [1.165, 1.54) is 49.4 Å². The topological polar surface area (TPSA) is 33.1 Å². The molecule has 2 aliphatic heterocycles. The highest BCUT2D eigenvalue weighted by Crippen LogP contribution is 2.26. The van der Waals surface area contributed by atoms with Gasteiger partial charge in [-0.25, -0.2) is 4.98 Å². The second kappa shape index (κ2) is 5.53. The molecule has 2 saturated heterocycles. The zero-order chi connectivity index (χ0) is 14.1. The van der Waals surface area contributed by atoms with Crippen LogP contribution < -0.4 is 10.2 Å². The fourth-order valence-corrected chi connectivity index (χ4v) is 3.53. The molecule has 2 aromatic rings. The number of rotatable bonds is 3. The Morgan fingerprint density at radius 2 is 1.81 bits per heavy atom. The average Bonchev–Trinajstić information content (AvgIpc) is 3.27. The van der Waals surface area contributed by atoms with Crippen LogP contribution in [0.25, 0.3) is 5.69 Å². The quantitative estimate of drug-likeness (QED) is 0.939. The summed E-state index contributed by atoms with van der Waals surface area (Å²) in [5.41, 5.74) is 3.90. The van der Waals surface area contributed by atoms with Gasteiger partial charge in [0.25, 0.3) is 0 Å². The molecular formula is C17H22N4. The summed E-state index contributed by atoms with van der Waals surface area (Å²) in [4.78, 5) is 6.84. The van der Waals surface area contributed by atoms with Crippen molar-refractivity contribution in [3.63, 3.8) is 0 Å². The highest BCUT2D eigenvalue weighted by atomic mass is 15.1. The molecule has 4 heteroatoms. The minimum absolute atomic E-state index is 0.589.